The summed E-state index contributed by atoms with van der Waals surface area (Å²) in [4.78, 5) is 0. The first kappa shape index (κ1) is 7.60. The molecule has 2 aliphatic rings. The zero-order valence-corrected chi connectivity index (χ0v) is 7.64. The van der Waals surface area contributed by atoms with E-state index in [2.05, 4.69) is 19.2 Å². The van der Waals surface area contributed by atoms with Crippen LogP contribution in [0.2, 0.25) is 0 Å². The van der Waals surface area contributed by atoms with Crippen LogP contribution in [0.1, 0.15) is 33.1 Å². The lowest BCUT2D eigenvalue weighted by Crippen LogP contribution is -2.31. The van der Waals surface area contributed by atoms with Gasteiger partial charge in [-0.2, -0.15) is 0 Å². The topological polar surface area (TPSA) is 12.0 Å². The maximum atomic E-state index is 3.66. The molecule has 0 spiro atoms. The Morgan fingerprint density at radius 3 is 2.82 bits per heavy atom. The summed E-state index contributed by atoms with van der Waals surface area (Å²) >= 11 is 0. The van der Waals surface area contributed by atoms with Crippen molar-refractivity contribution < 1.29 is 0 Å². The van der Waals surface area contributed by atoms with Crippen LogP contribution in [0.25, 0.3) is 0 Å². The van der Waals surface area contributed by atoms with E-state index in [4.69, 9.17) is 0 Å². The number of fused-ring (bicyclic) bond motifs is 1. The minimum atomic E-state index is 0.836. The maximum Gasteiger partial charge on any atom is 0.0122 e. The van der Waals surface area contributed by atoms with E-state index in [9.17, 15) is 0 Å². The van der Waals surface area contributed by atoms with Crippen molar-refractivity contribution in [3.05, 3.63) is 0 Å². The van der Waals surface area contributed by atoms with E-state index in [0.29, 0.717) is 0 Å². The quantitative estimate of drug-likeness (QED) is 0.608. The van der Waals surface area contributed by atoms with Gasteiger partial charge in [0.1, 0.15) is 0 Å². The molecule has 2 rings (SSSR count). The van der Waals surface area contributed by atoms with Gasteiger partial charge in [-0.05, 0) is 37.1 Å². The van der Waals surface area contributed by atoms with Crippen molar-refractivity contribution in [2.24, 2.45) is 17.8 Å². The van der Waals surface area contributed by atoms with Crippen LogP contribution in [0.4, 0.5) is 0 Å². The van der Waals surface area contributed by atoms with Crippen molar-refractivity contribution in [2.45, 2.75) is 39.2 Å². The summed E-state index contributed by atoms with van der Waals surface area (Å²) in [5.41, 5.74) is 0. The number of rotatable bonds is 1. The predicted octanol–water partition coefficient (Wildman–Crippen LogP) is 2.03. The second-order valence-corrected chi connectivity index (χ2v) is 4.53. The van der Waals surface area contributed by atoms with Gasteiger partial charge in [-0.3, -0.25) is 0 Å². The van der Waals surface area contributed by atoms with Gasteiger partial charge in [-0.1, -0.05) is 20.3 Å². The Kier molecular flexibility index (Phi) is 1.92. The second-order valence-electron chi connectivity index (χ2n) is 4.53. The van der Waals surface area contributed by atoms with Crippen molar-refractivity contribution in [3.63, 3.8) is 0 Å². The third-order valence-corrected chi connectivity index (χ3v) is 3.51. The molecule has 2 fully saturated rings. The molecule has 1 saturated carbocycles. The van der Waals surface area contributed by atoms with E-state index in [1.165, 1.54) is 25.8 Å². The second kappa shape index (κ2) is 2.78. The summed E-state index contributed by atoms with van der Waals surface area (Å²) in [5.74, 6) is 2.89. The molecule has 0 amide bonds. The normalized spacial score (nSPS) is 43.4. The summed E-state index contributed by atoms with van der Waals surface area (Å²) < 4.78 is 0. The Labute approximate surface area is 69.6 Å². The highest BCUT2D eigenvalue weighted by molar-refractivity contribution is 4.95. The van der Waals surface area contributed by atoms with Crippen molar-refractivity contribution in [1.82, 2.24) is 5.32 Å². The molecular weight excluding hydrogens is 134 g/mol. The Hall–Kier alpha value is -0.0400. The van der Waals surface area contributed by atoms with Crippen LogP contribution in [0.15, 0.2) is 0 Å². The molecule has 0 bridgehead atoms. The van der Waals surface area contributed by atoms with E-state index in [0.717, 1.165) is 23.8 Å². The van der Waals surface area contributed by atoms with Crippen LogP contribution in [-0.2, 0) is 0 Å². The van der Waals surface area contributed by atoms with Crippen LogP contribution in [0.5, 0.6) is 0 Å². The molecule has 1 aliphatic heterocycles. The SMILES string of the molecule is CC(C)C1NCC2CCCC21. The molecule has 1 aliphatic carbocycles. The Bertz CT molecular complexity index is 142. The molecule has 1 N–H and O–H groups in total. The number of hydrogen-bond donors (Lipinski definition) is 1. The molecule has 0 aromatic rings. The van der Waals surface area contributed by atoms with E-state index in [1.54, 1.807) is 0 Å². The summed E-state index contributed by atoms with van der Waals surface area (Å²) in [5, 5.41) is 3.66. The average molecular weight is 153 g/mol. The monoisotopic (exact) mass is 153 g/mol. The van der Waals surface area contributed by atoms with E-state index >= 15 is 0 Å². The Morgan fingerprint density at radius 2 is 2.09 bits per heavy atom. The summed E-state index contributed by atoms with van der Waals surface area (Å²) in [6.45, 7) is 5.99. The van der Waals surface area contributed by atoms with Crippen LogP contribution in [0.3, 0.4) is 0 Å². The first-order valence-electron chi connectivity index (χ1n) is 5.02. The van der Waals surface area contributed by atoms with Crippen LogP contribution in [0, 0.1) is 17.8 Å². The molecule has 0 radical (unpaired) electrons. The fourth-order valence-corrected chi connectivity index (χ4v) is 2.96. The lowest BCUT2D eigenvalue weighted by atomic mass is 9.88. The van der Waals surface area contributed by atoms with Gasteiger partial charge in [0.25, 0.3) is 0 Å². The first-order valence-corrected chi connectivity index (χ1v) is 5.02. The minimum absolute atomic E-state index is 0.836. The fraction of sp³-hybridized carbons (Fsp3) is 1.00. The Balaban J connectivity index is 2.03. The molecule has 3 atom stereocenters. The first-order chi connectivity index (χ1) is 5.29. The van der Waals surface area contributed by atoms with Crippen molar-refractivity contribution in [3.8, 4) is 0 Å². The minimum Gasteiger partial charge on any atom is -0.313 e. The zero-order valence-electron chi connectivity index (χ0n) is 7.64. The van der Waals surface area contributed by atoms with Crippen molar-refractivity contribution >= 4 is 0 Å². The molecule has 3 unspecified atom stereocenters. The molecule has 1 heterocycles. The molecule has 0 aromatic heterocycles. The van der Waals surface area contributed by atoms with E-state index in [1.807, 2.05) is 0 Å². The summed E-state index contributed by atoms with van der Waals surface area (Å²) in [6, 6.07) is 0.836. The fourth-order valence-electron chi connectivity index (χ4n) is 2.96. The molecule has 1 saturated heterocycles. The average Bonchev–Trinajstić information content (AvgIpc) is 2.41. The van der Waals surface area contributed by atoms with E-state index < -0.39 is 0 Å². The van der Waals surface area contributed by atoms with Gasteiger partial charge >= 0.3 is 0 Å². The highest BCUT2D eigenvalue weighted by atomic mass is 15.0. The number of hydrogen-bond acceptors (Lipinski definition) is 1. The smallest absolute Gasteiger partial charge is 0.0122 e. The van der Waals surface area contributed by atoms with Gasteiger partial charge in [0.2, 0.25) is 0 Å². The lowest BCUT2D eigenvalue weighted by molar-refractivity contribution is 0.336. The predicted molar refractivity (Wildman–Crippen MR) is 47.5 cm³/mol. The maximum absolute atomic E-state index is 3.66. The third-order valence-electron chi connectivity index (χ3n) is 3.51. The highest BCUT2D eigenvalue weighted by Crippen LogP contribution is 2.39. The van der Waals surface area contributed by atoms with Crippen molar-refractivity contribution in [2.75, 3.05) is 6.54 Å². The molecule has 64 valence electrons. The van der Waals surface area contributed by atoms with Gasteiger partial charge in [-0.25, -0.2) is 0 Å². The summed E-state index contributed by atoms with van der Waals surface area (Å²) in [7, 11) is 0. The van der Waals surface area contributed by atoms with Crippen molar-refractivity contribution in [1.29, 1.82) is 0 Å². The molecule has 1 heteroatoms. The molecule has 0 aromatic carbocycles. The van der Waals surface area contributed by atoms with Gasteiger partial charge < -0.3 is 5.32 Å². The standard InChI is InChI=1S/C10H19N/c1-7(2)10-9-5-3-4-8(9)6-11-10/h7-11H,3-6H2,1-2H3. The van der Waals surface area contributed by atoms with E-state index in [-0.39, 0.29) is 0 Å². The van der Waals surface area contributed by atoms with Gasteiger partial charge in [0, 0.05) is 6.04 Å². The van der Waals surface area contributed by atoms with Crippen LogP contribution >= 0.6 is 0 Å². The van der Waals surface area contributed by atoms with Gasteiger partial charge in [-0.15, -0.1) is 0 Å². The molecule has 1 nitrogen and oxygen atoms in total. The van der Waals surface area contributed by atoms with Crippen LogP contribution in [-0.4, -0.2) is 12.6 Å². The lowest BCUT2D eigenvalue weighted by Gasteiger charge is -2.21. The largest absolute Gasteiger partial charge is 0.313 e. The van der Waals surface area contributed by atoms with Gasteiger partial charge in [0.15, 0.2) is 0 Å². The highest BCUT2D eigenvalue weighted by Gasteiger charge is 2.39. The zero-order chi connectivity index (χ0) is 7.84. The number of nitrogens with one attached hydrogen (secondary N) is 1. The van der Waals surface area contributed by atoms with Crippen LogP contribution < -0.4 is 5.32 Å². The third kappa shape index (κ3) is 1.20. The van der Waals surface area contributed by atoms with Gasteiger partial charge in [0.05, 0.1) is 0 Å². The Morgan fingerprint density at radius 1 is 1.27 bits per heavy atom. The molecular formula is C10H19N. The molecule has 11 heavy (non-hydrogen) atoms. The summed E-state index contributed by atoms with van der Waals surface area (Å²) in [6.07, 6.45) is 4.46.